The van der Waals surface area contributed by atoms with Crippen molar-refractivity contribution in [2.24, 2.45) is 0 Å². The van der Waals surface area contributed by atoms with Gasteiger partial charge in [-0.2, -0.15) is 0 Å². The third-order valence-electron chi connectivity index (χ3n) is 4.17. The highest BCUT2D eigenvalue weighted by Gasteiger charge is 2.25. The molecule has 0 aliphatic heterocycles. The SMILES string of the molecule is O=[N+]([O-])c1ccc(C(c2ccc(O)cc2O)c2cc(Br)c(O)cc2O)cc1. The van der Waals surface area contributed by atoms with Crippen LogP contribution in [0.15, 0.2) is 59.1 Å². The minimum absolute atomic E-state index is 0.0939. The van der Waals surface area contributed by atoms with E-state index >= 15 is 0 Å². The zero-order valence-electron chi connectivity index (χ0n) is 13.7. The van der Waals surface area contributed by atoms with E-state index in [0.29, 0.717) is 21.2 Å². The van der Waals surface area contributed by atoms with Gasteiger partial charge in [0.05, 0.1) is 9.40 Å². The van der Waals surface area contributed by atoms with E-state index in [1.807, 2.05) is 0 Å². The van der Waals surface area contributed by atoms with Crippen LogP contribution in [0.5, 0.6) is 23.0 Å². The van der Waals surface area contributed by atoms with E-state index < -0.39 is 10.8 Å². The van der Waals surface area contributed by atoms with Gasteiger partial charge in [-0.15, -0.1) is 0 Å². The van der Waals surface area contributed by atoms with Crippen LogP contribution < -0.4 is 0 Å². The lowest BCUT2D eigenvalue weighted by Gasteiger charge is -2.21. The fraction of sp³-hybridized carbons (Fsp3) is 0.0526. The molecule has 0 amide bonds. The van der Waals surface area contributed by atoms with Gasteiger partial charge in [0.15, 0.2) is 0 Å². The standard InChI is InChI=1S/C19H14BrNO6/c20-15-8-14(17(24)9-18(15)25)19(13-6-5-12(22)7-16(13)23)10-1-3-11(4-2-10)21(26)27/h1-9,19,22-25H. The Morgan fingerprint density at radius 2 is 1.44 bits per heavy atom. The maximum Gasteiger partial charge on any atom is 0.269 e. The summed E-state index contributed by atoms with van der Waals surface area (Å²) >= 11 is 3.20. The number of non-ortho nitro benzene ring substituents is 1. The Morgan fingerprint density at radius 3 is 2.04 bits per heavy atom. The van der Waals surface area contributed by atoms with E-state index in [9.17, 15) is 30.5 Å². The van der Waals surface area contributed by atoms with Crippen molar-refractivity contribution in [3.8, 4) is 23.0 Å². The molecule has 0 heterocycles. The summed E-state index contributed by atoms with van der Waals surface area (Å²) in [5, 5.41) is 51.0. The number of nitro benzene ring substituents is 1. The summed E-state index contributed by atoms with van der Waals surface area (Å²) < 4.78 is 0.334. The first kappa shape index (κ1) is 18.5. The fourth-order valence-electron chi connectivity index (χ4n) is 2.89. The van der Waals surface area contributed by atoms with Crippen molar-refractivity contribution in [3.05, 3.63) is 85.9 Å². The van der Waals surface area contributed by atoms with E-state index in [2.05, 4.69) is 15.9 Å². The molecule has 1 atom stereocenters. The van der Waals surface area contributed by atoms with Gasteiger partial charge in [0.25, 0.3) is 5.69 Å². The number of rotatable bonds is 4. The maximum atomic E-state index is 10.9. The third-order valence-corrected chi connectivity index (χ3v) is 4.80. The van der Waals surface area contributed by atoms with Crippen molar-refractivity contribution >= 4 is 21.6 Å². The fourth-order valence-corrected chi connectivity index (χ4v) is 3.25. The largest absolute Gasteiger partial charge is 0.508 e. The van der Waals surface area contributed by atoms with Crippen molar-refractivity contribution < 1.29 is 25.3 Å². The second-order valence-corrected chi connectivity index (χ2v) is 6.74. The minimum Gasteiger partial charge on any atom is -0.508 e. The van der Waals surface area contributed by atoms with Crippen molar-refractivity contribution in [1.82, 2.24) is 0 Å². The van der Waals surface area contributed by atoms with Gasteiger partial charge in [-0.3, -0.25) is 10.1 Å². The number of halogens is 1. The molecule has 8 heteroatoms. The van der Waals surface area contributed by atoms with E-state index in [0.717, 1.165) is 6.07 Å². The van der Waals surface area contributed by atoms with Crippen LogP contribution in [0.4, 0.5) is 5.69 Å². The normalized spacial score (nSPS) is 11.9. The number of hydrogen-bond donors (Lipinski definition) is 4. The zero-order valence-corrected chi connectivity index (χ0v) is 15.3. The quantitative estimate of drug-likeness (QED) is 0.276. The van der Waals surface area contributed by atoms with Gasteiger partial charge < -0.3 is 20.4 Å². The second-order valence-electron chi connectivity index (χ2n) is 5.89. The number of phenols is 4. The molecule has 3 rings (SSSR count). The Labute approximate surface area is 162 Å². The van der Waals surface area contributed by atoms with Crippen LogP contribution in [0.1, 0.15) is 22.6 Å². The van der Waals surface area contributed by atoms with Crippen LogP contribution in [0, 0.1) is 10.1 Å². The molecule has 138 valence electrons. The molecule has 0 fully saturated rings. The topological polar surface area (TPSA) is 124 Å². The average molecular weight is 432 g/mol. The van der Waals surface area contributed by atoms with E-state index in [-0.39, 0.29) is 28.7 Å². The van der Waals surface area contributed by atoms with E-state index in [1.54, 1.807) is 0 Å². The summed E-state index contributed by atoms with van der Waals surface area (Å²) in [6.45, 7) is 0. The molecule has 27 heavy (non-hydrogen) atoms. The lowest BCUT2D eigenvalue weighted by atomic mass is 9.84. The number of phenolic OH excluding ortho intramolecular Hbond substituents is 4. The Hall–Kier alpha value is -3.26. The molecule has 0 bridgehead atoms. The summed E-state index contributed by atoms with van der Waals surface area (Å²) in [5.74, 6) is -1.42. The molecule has 0 saturated carbocycles. The molecule has 7 nitrogen and oxygen atoms in total. The van der Waals surface area contributed by atoms with E-state index in [4.69, 9.17) is 0 Å². The molecule has 1 unspecified atom stereocenters. The molecule has 0 saturated heterocycles. The molecule has 0 radical (unpaired) electrons. The van der Waals surface area contributed by atoms with Crippen LogP contribution >= 0.6 is 15.9 Å². The first-order valence-electron chi connectivity index (χ1n) is 7.75. The molecule has 4 N–H and O–H groups in total. The Balaban J connectivity index is 2.23. The number of benzene rings is 3. The van der Waals surface area contributed by atoms with Crippen molar-refractivity contribution in [2.45, 2.75) is 5.92 Å². The van der Waals surface area contributed by atoms with Crippen LogP contribution in [0.3, 0.4) is 0 Å². The number of nitro groups is 1. The third kappa shape index (κ3) is 3.65. The van der Waals surface area contributed by atoms with Gasteiger partial charge in [-0.05, 0) is 33.6 Å². The highest BCUT2D eigenvalue weighted by Crippen LogP contribution is 2.44. The molecule has 3 aromatic carbocycles. The summed E-state index contributed by atoms with van der Waals surface area (Å²) in [5.41, 5.74) is 1.20. The Bertz CT molecular complexity index is 1020. The first-order chi connectivity index (χ1) is 12.8. The summed E-state index contributed by atoms with van der Waals surface area (Å²) in [7, 11) is 0. The predicted octanol–water partition coefficient (Wildman–Crippen LogP) is 4.36. The molecule has 0 aromatic heterocycles. The first-order valence-corrected chi connectivity index (χ1v) is 8.55. The number of aromatic hydroxyl groups is 4. The molecular formula is C19H14BrNO6. The predicted molar refractivity (Wildman–Crippen MR) is 101 cm³/mol. The van der Waals surface area contributed by atoms with Gasteiger partial charge in [-0.1, -0.05) is 18.2 Å². The van der Waals surface area contributed by atoms with Crippen molar-refractivity contribution in [3.63, 3.8) is 0 Å². The van der Waals surface area contributed by atoms with Crippen molar-refractivity contribution in [2.75, 3.05) is 0 Å². The lowest BCUT2D eigenvalue weighted by molar-refractivity contribution is -0.384. The molecule has 0 aliphatic carbocycles. The van der Waals surface area contributed by atoms with Gasteiger partial charge in [0.1, 0.15) is 23.0 Å². The molecular weight excluding hydrogens is 418 g/mol. The van der Waals surface area contributed by atoms with Crippen molar-refractivity contribution in [1.29, 1.82) is 0 Å². The maximum absolute atomic E-state index is 10.9. The van der Waals surface area contributed by atoms with E-state index in [1.165, 1.54) is 48.5 Å². The highest BCUT2D eigenvalue weighted by atomic mass is 79.9. The van der Waals surface area contributed by atoms with Gasteiger partial charge in [-0.25, -0.2) is 0 Å². The van der Waals surface area contributed by atoms with Gasteiger partial charge >= 0.3 is 0 Å². The number of nitrogens with zero attached hydrogens (tertiary/aromatic N) is 1. The Kier molecular flexibility index (Phi) is 4.91. The minimum atomic E-state index is -0.705. The summed E-state index contributed by atoms with van der Waals surface area (Å²) in [6.07, 6.45) is 0. The van der Waals surface area contributed by atoms with Gasteiger partial charge in [0, 0.05) is 41.3 Å². The summed E-state index contributed by atoms with van der Waals surface area (Å²) in [4.78, 5) is 10.4. The Morgan fingerprint density at radius 1 is 0.815 bits per heavy atom. The highest BCUT2D eigenvalue weighted by molar-refractivity contribution is 9.10. The average Bonchev–Trinajstić information content (AvgIpc) is 2.61. The summed E-state index contributed by atoms with van der Waals surface area (Å²) in [6, 6.07) is 12.4. The van der Waals surface area contributed by atoms with Gasteiger partial charge in [0.2, 0.25) is 0 Å². The number of hydrogen-bond acceptors (Lipinski definition) is 6. The smallest absolute Gasteiger partial charge is 0.269 e. The second kappa shape index (κ2) is 7.16. The molecule has 3 aromatic rings. The van der Waals surface area contributed by atoms with Crippen LogP contribution in [-0.2, 0) is 0 Å². The monoisotopic (exact) mass is 431 g/mol. The zero-order chi connectivity index (χ0) is 19.7. The molecule has 0 spiro atoms. The van der Waals surface area contributed by atoms with Crippen LogP contribution in [0.25, 0.3) is 0 Å². The lowest BCUT2D eigenvalue weighted by Crippen LogP contribution is -2.05. The molecule has 0 aliphatic rings. The van der Waals surface area contributed by atoms with Crippen LogP contribution in [0.2, 0.25) is 0 Å². The van der Waals surface area contributed by atoms with Crippen LogP contribution in [-0.4, -0.2) is 25.3 Å².